The van der Waals surface area contributed by atoms with Gasteiger partial charge in [-0.05, 0) is 36.2 Å². The summed E-state index contributed by atoms with van der Waals surface area (Å²) in [4.78, 5) is 41.4. The molecule has 0 saturated carbocycles. The number of carbonyl (C=O) groups excluding carboxylic acids is 3. The summed E-state index contributed by atoms with van der Waals surface area (Å²) in [5.74, 6) is -0.841. The fourth-order valence-corrected chi connectivity index (χ4v) is 4.05. The van der Waals surface area contributed by atoms with Crippen LogP contribution in [0, 0.1) is 0 Å². The summed E-state index contributed by atoms with van der Waals surface area (Å²) in [5.41, 5.74) is 1.24. The lowest BCUT2D eigenvalue weighted by Gasteiger charge is -2.28. The van der Waals surface area contributed by atoms with Crippen molar-refractivity contribution in [1.82, 2.24) is 10.2 Å². The molecule has 0 aromatic heterocycles. The molecule has 4 amide bonds. The van der Waals surface area contributed by atoms with Crippen LogP contribution in [0.4, 0.5) is 16.2 Å². The molecule has 2 aliphatic rings. The number of morpholine rings is 1. The molecule has 0 radical (unpaired) electrons. The maximum atomic E-state index is 13.1. The zero-order valence-electron chi connectivity index (χ0n) is 17.5. The van der Waals surface area contributed by atoms with Crippen molar-refractivity contribution in [2.75, 3.05) is 43.1 Å². The van der Waals surface area contributed by atoms with Crippen LogP contribution in [0.5, 0.6) is 0 Å². The van der Waals surface area contributed by atoms with Crippen LogP contribution in [0.1, 0.15) is 18.9 Å². The van der Waals surface area contributed by atoms with E-state index in [0.29, 0.717) is 30.9 Å². The van der Waals surface area contributed by atoms with Gasteiger partial charge in [-0.3, -0.25) is 14.5 Å². The summed E-state index contributed by atoms with van der Waals surface area (Å²) >= 11 is 0. The molecule has 2 saturated heterocycles. The van der Waals surface area contributed by atoms with Gasteiger partial charge >= 0.3 is 6.03 Å². The smallest absolute Gasteiger partial charge is 0.325 e. The van der Waals surface area contributed by atoms with Gasteiger partial charge in [0.15, 0.2) is 0 Å². The van der Waals surface area contributed by atoms with Gasteiger partial charge in [0.1, 0.15) is 12.1 Å². The van der Waals surface area contributed by atoms with Crippen LogP contribution in [-0.4, -0.2) is 55.6 Å². The fraction of sp³-hybridized carbons (Fsp3) is 0.348. The Bertz CT molecular complexity index is 957. The number of ether oxygens (including phenoxy) is 1. The summed E-state index contributed by atoms with van der Waals surface area (Å²) in [6.07, 6.45) is 0.392. The van der Waals surface area contributed by atoms with Crippen LogP contribution in [0.25, 0.3) is 0 Å². The molecule has 2 aromatic rings. The fourth-order valence-electron chi connectivity index (χ4n) is 4.05. The van der Waals surface area contributed by atoms with Crippen LogP contribution in [-0.2, 0) is 19.9 Å². The van der Waals surface area contributed by atoms with E-state index in [-0.39, 0.29) is 6.54 Å². The first kappa shape index (κ1) is 20.9. The number of nitrogens with zero attached hydrogens (tertiary/aromatic N) is 2. The van der Waals surface area contributed by atoms with Gasteiger partial charge in [0.25, 0.3) is 5.91 Å². The zero-order valence-corrected chi connectivity index (χ0v) is 17.5. The van der Waals surface area contributed by atoms with Crippen LogP contribution in [0.2, 0.25) is 0 Å². The van der Waals surface area contributed by atoms with Crippen molar-refractivity contribution >= 4 is 29.2 Å². The zero-order chi connectivity index (χ0) is 21.8. The molecule has 162 valence electrons. The number of benzene rings is 2. The van der Waals surface area contributed by atoms with Crippen molar-refractivity contribution in [3.8, 4) is 0 Å². The van der Waals surface area contributed by atoms with Gasteiger partial charge in [0.05, 0.1) is 13.2 Å². The van der Waals surface area contributed by atoms with Crippen molar-refractivity contribution in [3.05, 3.63) is 60.2 Å². The largest absolute Gasteiger partial charge is 0.378 e. The average molecular weight is 422 g/mol. The Morgan fingerprint density at radius 1 is 1.06 bits per heavy atom. The van der Waals surface area contributed by atoms with Crippen LogP contribution < -0.4 is 15.5 Å². The van der Waals surface area contributed by atoms with E-state index in [2.05, 4.69) is 15.5 Å². The Kier molecular flexibility index (Phi) is 5.90. The van der Waals surface area contributed by atoms with Crippen LogP contribution in [0.15, 0.2) is 54.6 Å². The first-order chi connectivity index (χ1) is 15.0. The molecule has 4 rings (SSSR count). The number of imide groups is 1. The molecule has 2 fully saturated rings. The summed E-state index contributed by atoms with van der Waals surface area (Å²) in [6.45, 7) is 4.56. The molecule has 0 unspecified atom stereocenters. The van der Waals surface area contributed by atoms with Crippen molar-refractivity contribution in [3.63, 3.8) is 0 Å². The summed E-state index contributed by atoms with van der Waals surface area (Å²) in [7, 11) is 0. The van der Waals surface area contributed by atoms with E-state index in [0.717, 1.165) is 23.7 Å². The third-order valence-electron chi connectivity index (χ3n) is 5.80. The Morgan fingerprint density at radius 3 is 2.39 bits per heavy atom. The molecule has 0 spiro atoms. The minimum Gasteiger partial charge on any atom is -0.378 e. The van der Waals surface area contributed by atoms with Gasteiger partial charge in [-0.15, -0.1) is 0 Å². The standard InChI is InChI=1S/C23H26N4O4/c1-2-23(17-6-4-3-5-7-17)21(29)27(22(30)25-23)16-20(28)24-18-8-10-19(11-9-18)26-12-14-31-15-13-26/h3-11H,2,12-16H2,1H3,(H,24,28)(H,25,30)/t23-/m0/s1. The van der Waals surface area contributed by atoms with Crippen molar-refractivity contribution in [2.24, 2.45) is 0 Å². The van der Waals surface area contributed by atoms with E-state index in [9.17, 15) is 14.4 Å². The number of urea groups is 1. The first-order valence-electron chi connectivity index (χ1n) is 10.5. The molecule has 0 aliphatic carbocycles. The van der Waals surface area contributed by atoms with E-state index in [1.165, 1.54) is 0 Å². The Labute approximate surface area is 181 Å². The van der Waals surface area contributed by atoms with Gasteiger partial charge < -0.3 is 20.3 Å². The molecule has 2 N–H and O–H groups in total. The normalized spacial score (nSPS) is 21.2. The highest BCUT2D eigenvalue weighted by Crippen LogP contribution is 2.32. The molecular formula is C23H26N4O4. The van der Waals surface area contributed by atoms with E-state index in [4.69, 9.17) is 4.74 Å². The molecular weight excluding hydrogens is 396 g/mol. The SMILES string of the molecule is CC[C@@]1(c2ccccc2)NC(=O)N(CC(=O)Nc2ccc(N3CCOCC3)cc2)C1=O. The van der Waals surface area contributed by atoms with Crippen molar-refractivity contribution in [2.45, 2.75) is 18.9 Å². The lowest BCUT2D eigenvalue weighted by Crippen LogP contribution is -2.44. The lowest BCUT2D eigenvalue weighted by atomic mass is 9.87. The Morgan fingerprint density at radius 2 is 1.74 bits per heavy atom. The maximum absolute atomic E-state index is 13.1. The second-order valence-corrected chi connectivity index (χ2v) is 7.64. The average Bonchev–Trinajstić information content (AvgIpc) is 3.06. The molecule has 31 heavy (non-hydrogen) atoms. The number of rotatable bonds is 6. The maximum Gasteiger partial charge on any atom is 0.325 e. The number of carbonyl (C=O) groups is 3. The van der Waals surface area contributed by atoms with Crippen LogP contribution >= 0.6 is 0 Å². The molecule has 0 bridgehead atoms. The van der Waals surface area contributed by atoms with E-state index >= 15 is 0 Å². The lowest BCUT2D eigenvalue weighted by molar-refractivity contribution is -0.134. The monoisotopic (exact) mass is 422 g/mol. The third-order valence-corrected chi connectivity index (χ3v) is 5.80. The number of hydrogen-bond acceptors (Lipinski definition) is 5. The Balaban J connectivity index is 1.41. The van der Waals surface area contributed by atoms with Gasteiger partial charge in [-0.2, -0.15) is 0 Å². The molecule has 2 aromatic carbocycles. The van der Waals surface area contributed by atoms with Gasteiger partial charge in [-0.1, -0.05) is 37.3 Å². The number of hydrogen-bond donors (Lipinski definition) is 2. The highest BCUT2D eigenvalue weighted by Gasteiger charge is 2.51. The molecule has 2 aliphatic heterocycles. The summed E-state index contributed by atoms with van der Waals surface area (Å²) < 4.78 is 5.37. The summed E-state index contributed by atoms with van der Waals surface area (Å²) in [5, 5.41) is 5.56. The summed E-state index contributed by atoms with van der Waals surface area (Å²) in [6, 6.07) is 16.0. The second kappa shape index (κ2) is 8.77. The van der Waals surface area contributed by atoms with E-state index < -0.39 is 23.4 Å². The van der Waals surface area contributed by atoms with Gasteiger partial charge in [0, 0.05) is 24.5 Å². The minimum absolute atomic E-state index is 0.343. The molecule has 8 nitrogen and oxygen atoms in total. The van der Waals surface area contributed by atoms with Crippen molar-refractivity contribution < 1.29 is 19.1 Å². The van der Waals surface area contributed by atoms with E-state index in [1.54, 1.807) is 12.1 Å². The second-order valence-electron chi connectivity index (χ2n) is 7.64. The first-order valence-corrected chi connectivity index (χ1v) is 10.5. The van der Waals surface area contributed by atoms with Gasteiger partial charge in [-0.25, -0.2) is 4.79 Å². The Hall–Kier alpha value is -3.39. The predicted octanol–water partition coefficient (Wildman–Crippen LogP) is 2.32. The number of amides is 4. The van der Waals surface area contributed by atoms with Gasteiger partial charge in [0.2, 0.25) is 5.91 Å². The highest BCUT2D eigenvalue weighted by atomic mass is 16.5. The third kappa shape index (κ3) is 4.11. The molecule has 2 heterocycles. The quantitative estimate of drug-likeness (QED) is 0.698. The topological polar surface area (TPSA) is 91.0 Å². The molecule has 1 atom stereocenters. The predicted molar refractivity (Wildman–Crippen MR) is 117 cm³/mol. The van der Waals surface area contributed by atoms with Crippen LogP contribution in [0.3, 0.4) is 0 Å². The van der Waals surface area contributed by atoms with Crippen molar-refractivity contribution in [1.29, 1.82) is 0 Å². The highest BCUT2D eigenvalue weighted by molar-refractivity contribution is 6.10. The minimum atomic E-state index is -1.14. The number of nitrogens with one attached hydrogen (secondary N) is 2. The van der Waals surface area contributed by atoms with E-state index in [1.807, 2.05) is 49.4 Å². The number of anilines is 2. The molecule has 8 heteroatoms.